The molecule has 0 aliphatic rings. The molecule has 6 heteroatoms. The third-order valence-corrected chi connectivity index (χ3v) is 4.63. The van der Waals surface area contributed by atoms with Crippen molar-refractivity contribution in [2.75, 3.05) is 20.8 Å². The van der Waals surface area contributed by atoms with Gasteiger partial charge in [0.15, 0.2) is 0 Å². The highest BCUT2D eigenvalue weighted by Crippen LogP contribution is 2.35. The van der Waals surface area contributed by atoms with Gasteiger partial charge in [-0.05, 0) is 49.1 Å². The summed E-state index contributed by atoms with van der Waals surface area (Å²) in [4.78, 5) is 23.1. The SMILES string of the molecule is COc1ccc(-c2cccc(C(=O)NCCCCCC(=O)O)c2C)c(OC)c1. The van der Waals surface area contributed by atoms with Crippen LogP contribution in [0.2, 0.25) is 0 Å². The molecular formula is C22H27NO5. The van der Waals surface area contributed by atoms with Crippen molar-refractivity contribution in [1.82, 2.24) is 5.32 Å². The predicted octanol–water partition coefficient (Wildman–Crippen LogP) is 4.05. The summed E-state index contributed by atoms with van der Waals surface area (Å²) in [7, 11) is 3.21. The Kier molecular flexibility index (Phi) is 7.87. The Morgan fingerprint density at radius 2 is 1.79 bits per heavy atom. The van der Waals surface area contributed by atoms with Crippen LogP contribution in [-0.4, -0.2) is 37.7 Å². The summed E-state index contributed by atoms with van der Waals surface area (Å²) in [5.41, 5.74) is 3.30. The molecule has 0 saturated heterocycles. The first-order chi connectivity index (χ1) is 13.5. The van der Waals surface area contributed by atoms with Crippen molar-refractivity contribution in [3.05, 3.63) is 47.5 Å². The summed E-state index contributed by atoms with van der Waals surface area (Å²) < 4.78 is 10.7. The number of carboxylic acid groups (broad SMARTS) is 1. The molecule has 0 saturated carbocycles. The summed E-state index contributed by atoms with van der Waals surface area (Å²) in [6.07, 6.45) is 2.31. The number of hydrogen-bond donors (Lipinski definition) is 2. The average molecular weight is 385 g/mol. The Labute approximate surface area is 165 Å². The summed E-state index contributed by atoms with van der Waals surface area (Å²) in [6.45, 7) is 2.44. The molecule has 150 valence electrons. The van der Waals surface area contributed by atoms with E-state index in [2.05, 4.69) is 5.32 Å². The molecule has 2 aromatic rings. The molecule has 0 atom stereocenters. The van der Waals surface area contributed by atoms with Crippen LogP contribution in [0.15, 0.2) is 36.4 Å². The van der Waals surface area contributed by atoms with E-state index in [1.54, 1.807) is 20.3 Å². The highest BCUT2D eigenvalue weighted by Gasteiger charge is 2.15. The lowest BCUT2D eigenvalue weighted by molar-refractivity contribution is -0.137. The molecule has 1 amide bonds. The smallest absolute Gasteiger partial charge is 0.303 e. The Morgan fingerprint density at radius 3 is 2.46 bits per heavy atom. The molecule has 0 aliphatic heterocycles. The fourth-order valence-corrected chi connectivity index (χ4v) is 3.07. The van der Waals surface area contributed by atoms with Gasteiger partial charge >= 0.3 is 5.97 Å². The van der Waals surface area contributed by atoms with Crippen LogP contribution in [0.3, 0.4) is 0 Å². The number of unbranched alkanes of at least 4 members (excludes halogenated alkanes) is 2. The van der Waals surface area contributed by atoms with Crippen molar-refractivity contribution in [3.8, 4) is 22.6 Å². The van der Waals surface area contributed by atoms with E-state index in [-0.39, 0.29) is 12.3 Å². The fraction of sp³-hybridized carbons (Fsp3) is 0.364. The van der Waals surface area contributed by atoms with Crippen LogP contribution >= 0.6 is 0 Å². The molecule has 0 heterocycles. The van der Waals surface area contributed by atoms with E-state index in [1.807, 2.05) is 37.3 Å². The van der Waals surface area contributed by atoms with Crippen molar-refractivity contribution in [1.29, 1.82) is 0 Å². The zero-order valence-corrected chi connectivity index (χ0v) is 16.6. The van der Waals surface area contributed by atoms with Gasteiger partial charge in [-0.1, -0.05) is 18.6 Å². The number of rotatable bonds is 10. The van der Waals surface area contributed by atoms with Gasteiger partial charge in [0.05, 0.1) is 14.2 Å². The van der Waals surface area contributed by atoms with Crippen molar-refractivity contribution < 1.29 is 24.2 Å². The monoisotopic (exact) mass is 385 g/mol. The first kappa shape index (κ1) is 21.3. The predicted molar refractivity (Wildman–Crippen MR) is 108 cm³/mol. The molecule has 28 heavy (non-hydrogen) atoms. The molecule has 0 fully saturated rings. The topological polar surface area (TPSA) is 84.9 Å². The number of ether oxygens (including phenoxy) is 2. The number of carbonyl (C=O) groups excluding carboxylic acids is 1. The van der Waals surface area contributed by atoms with Crippen LogP contribution in [-0.2, 0) is 4.79 Å². The largest absolute Gasteiger partial charge is 0.497 e. The maximum absolute atomic E-state index is 12.6. The van der Waals surface area contributed by atoms with Gasteiger partial charge < -0.3 is 19.9 Å². The van der Waals surface area contributed by atoms with E-state index in [0.29, 0.717) is 30.0 Å². The summed E-state index contributed by atoms with van der Waals surface area (Å²) in [5.74, 6) is 0.462. The van der Waals surface area contributed by atoms with E-state index in [1.165, 1.54) is 0 Å². The van der Waals surface area contributed by atoms with E-state index in [9.17, 15) is 9.59 Å². The number of carbonyl (C=O) groups is 2. The lowest BCUT2D eigenvalue weighted by atomic mass is 9.95. The van der Waals surface area contributed by atoms with E-state index < -0.39 is 5.97 Å². The second-order valence-corrected chi connectivity index (χ2v) is 6.50. The van der Waals surface area contributed by atoms with Gasteiger partial charge in [0.1, 0.15) is 11.5 Å². The van der Waals surface area contributed by atoms with Crippen LogP contribution in [0.25, 0.3) is 11.1 Å². The molecule has 0 aromatic heterocycles. The standard InChI is InChI=1S/C22H27NO5/c1-15-17(19-12-11-16(27-2)14-20(19)28-3)8-7-9-18(15)22(26)23-13-6-4-5-10-21(24)25/h7-9,11-12,14H,4-6,10,13H2,1-3H3,(H,23,26)(H,24,25). The molecule has 0 radical (unpaired) electrons. The highest BCUT2D eigenvalue weighted by molar-refractivity contribution is 5.97. The number of methoxy groups -OCH3 is 2. The molecule has 0 spiro atoms. The molecule has 0 unspecified atom stereocenters. The molecule has 6 nitrogen and oxygen atoms in total. The number of aliphatic carboxylic acids is 1. The van der Waals surface area contributed by atoms with Gasteiger partial charge in [0, 0.05) is 30.2 Å². The lowest BCUT2D eigenvalue weighted by Crippen LogP contribution is -2.25. The zero-order valence-electron chi connectivity index (χ0n) is 16.6. The van der Waals surface area contributed by atoms with Crippen molar-refractivity contribution >= 4 is 11.9 Å². The van der Waals surface area contributed by atoms with E-state index >= 15 is 0 Å². The summed E-state index contributed by atoms with van der Waals surface area (Å²) >= 11 is 0. The summed E-state index contributed by atoms with van der Waals surface area (Å²) in [6, 6.07) is 11.2. The van der Waals surface area contributed by atoms with Crippen LogP contribution < -0.4 is 14.8 Å². The van der Waals surface area contributed by atoms with Gasteiger partial charge in [-0.3, -0.25) is 9.59 Å². The number of carboxylic acids is 1. The van der Waals surface area contributed by atoms with Crippen molar-refractivity contribution in [3.63, 3.8) is 0 Å². The quantitative estimate of drug-likeness (QED) is 0.603. The van der Waals surface area contributed by atoms with Gasteiger partial charge in [0.25, 0.3) is 5.91 Å². The Hall–Kier alpha value is -3.02. The number of nitrogens with one attached hydrogen (secondary N) is 1. The third-order valence-electron chi connectivity index (χ3n) is 4.63. The molecule has 0 aliphatic carbocycles. The molecule has 2 N–H and O–H groups in total. The number of benzene rings is 2. The first-order valence-electron chi connectivity index (χ1n) is 9.30. The van der Waals surface area contributed by atoms with Crippen molar-refractivity contribution in [2.45, 2.75) is 32.6 Å². The van der Waals surface area contributed by atoms with Crippen molar-refractivity contribution in [2.24, 2.45) is 0 Å². The minimum Gasteiger partial charge on any atom is -0.497 e. The molecule has 2 rings (SSSR count). The Bertz CT molecular complexity index is 832. The summed E-state index contributed by atoms with van der Waals surface area (Å²) in [5, 5.41) is 11.6. The van der Waals surface area contributed by atoms with Gasteiger partial charge in [0.2, 0.25) is 0 Å². The van der Waals surface area contributed by atoms with Crippen LogP contribution in [0.4, 0.5) is 0 Å². The minimum absolute atomic E-state index is 0.134. The van der Waals surface area contributed by atoms with Gasteiger partial charge in [-0.25, -0.2) is 0 Å². The second kappa shape index (κ2) is 10.3. The maximum Gasteiger partial charge on any atom is 0.303 e. The number of hydrogen-bond acceptors (Lipinski definition) is 4. The number of amides is 1. The Morgan fingerprint density at radius 1 is 1.00 bits per heavy atom. The van der Waals surface area contributed by atoms with Crippen LogP contribution in [0.1, 0.15) is 41.6 Å². The van der Waals surface area contributed by atoms with Gasteiger partial charge in [-0.2, -0.15) is 0 Å². The normalized spacial score (nSPS) is 10.4. The van der Waals surface area contributed by atoms with Gasteiger partial charge in [-0.15, -0.1) is 0 Å². The van der Waals surface area contributed by atoms with Crippen LogP contribution in [0, 0.1) is 6.92 Å². The average Bonchev–Trinajstić information content (AvgIpc) is 2.70. The van der Waals surface area contributed by atoms with E-state index in [4.69, 9.17) is 14.6 Å². The third kappa shape index (κ3) is 5.49. The fourth-order valence-electron chi connectivity index (χ4n) is 3.07. The second-order valence-electron chi connectivity index (χ2n) is 6.50. The lowest BCUT2D eigenvalue weighted by Gasteiger charge is -2.15. The zero-order chi connectivity index (χ0) is 20.5. The molecule has 2 aromatic carbocycles. The van der Waals surface area contributed by atoms with E-state index in [0.717, 1.165) is 29.5 Å². The van der Waals surface area contributed by atoms with Crippen LogP contribution in [0.5, 0.6) is 11.5 Å². The minimum atomic E-state index is -0.787. The highest BCUT2D eigenvalue weighted by atomic mass is 16.5. The Balaban J connectivity index is 2.10. The maximum atomic E-state index is 12.6. The molecular weight excluding hydrogens is 358 g/mol. The molecule has 0 bridgehead atoms. The first-order valence-corrected chi connectivity index (χ1v) is 9.30.